The summed E-state index contributed by atoms with van der Waals surface area (Å²) in [6.45, 7) is 3.31. The fourth-order valence-corrected chi connectivity index (χ4v) is 3.37. The van der Waals surface area contributed by atoms with E-state index in [0.717, 1.165) is 18.7 Å². The zero-order valence-corrected chi connectivity index (χ0v) is 14.8. The molecule has 0 saturated heterocycles. The van der Waals surface area contributed by atoms with E-state index in [1.807, 2.05) is 0 Å². The average molecular weight is 327 g/mol. The van der Waals surface area contributed by atoms with E-state index in [1.54, 1.807) is 0 Å². The lowest BCUT2D eigenvalue weighted by molar-refractivity contribution is -0.849. The first kappa shape index (κ1) is 20.1. The number of aliphatic hydroxyl groups is 1. The number of carbonyl (C=O) groups is 1. The van der Waals surface area contributed by atoms with Gasteiger partial charge in [0.05, 0.1) is 6.54 Å². The molecule has 0 spiro atoms. The van der Waals surface area contributed by atoms with E-state index in [0.29, 0.717) is 13.1 Å². The maximum absolute atomic E-state index is 11.0. The number of unbranched alkanes of at least 4 members (excludes halogenated alkanes) is 9. The molecule has 5 heteroatoms. The molecule has 1 heterocycles. The van der Waals surface area contributed by atoms with Gasteiger partial charge in [0.15, 0.2) is 13.3 Å². The summed E-state index contributed by atoms with van der Waals surface area (Å²) in [5.41, 5.74) is 0. The maximum atomic E-state index is 11.0. The molecule has 2 N–H and O–H groups in total. The summed E-state index contributed by atoms with van der Waals surface area (Å²) in [7, 11) is 0. The van der Waals surface area contributed by atoms with Gasteiger partial charge in [-0.3, -0.25) is 0 Å². The predicted octanol–water partition coefficient (Wildman–Crippen LogP) is 3.56. The van der Waals surface area contributed by atoms with Crippen LogP contribution in [0.15, 0.2) is 4.99 Å². The highest BCUT2D eigenvalue weighted by molar-refractivity contribution is 5.79. The van der Waals surface area contributed by atoms with Crippen molar-refractivity contribution in [1.29, 1.82) is 0 Å². The van der Waals surface area contributed by atoms with Crippen LogP contribution < -0.4 is 0 Å². The van der Waals surface area contributed by atoms with Crippen molar-refractivity contribution in [2.24, 2.45) is 4.99 Å². The molecule has 5 nitrogen and oxygen atoms in total. The SMILES string of the molecule is CCCCCCCCCCCCC1=NCC[N+]1(CO)CC(=O)O. The van der Waals surface area contributed by atoms with Crippen LogP contribution in [0.2, 0.25) is 0 Å². The number of hydrogen-bond donors (Lipinski definition) is 2. The Morgan fingerprint density at radius 1 is 1.04 bits per heavy atom. The van der Waals surface area contributed by atoms with E-state index in [4.69, 9.17) is 5.11 Å². The summed E-state index contributed by atoms with van der Waals surface area (Å²) < 4.78 is 0.146. The second-order valence-electron chi connectivity index (χ2n) is 6.79. The molecule has 23 heavy (non-hydrogen) atoms. The summed E-state index contributed by atoms with van der Waals surface area (Å²) >= 11 is 0. The number of carboxylic acid groups (broad SMARTS) is 1. The number of aliphatic imine (C=N–C) groups is 1. The summed E-state index contributed by atoms with van der Waals surface area (Å²) in [5.74, 6) is 0.0196. The molecule has 1 atom stereocenters. The van der Waals surface area contributed by atoms with Crippen molar-refractivity contribution >= 4 is 11.8 Å². The largest absolute Gasteiger partial charge is 0.477 e. The highest BCUT2D eigenvalue weighted by atomic mass is 16.4. The molecule has 0 amide bonds. The van der Waals surface area contributed by atoms with Crippen LogP contribution in [0.3, 0.4) is 0 Å². The minimum Gasteiger partial charge on any atom is -0.477 e. The fraction of sp³-hybridized carbons (Fsp3) is 0.889. The lowest BCUT2D eigenvalue weighted by atomic mass is 10.1. The number of carboxylic acids is 1. The lowest BCUT2D eigenvalue weighted by Crippen LogP contribution is -2.54. The topological polar surface area (TPSA) is 69.9 Å². The Bertz CT molecular complexity index is 371. The molecular weight excluding hydrogens is 292 g/mol. The molecule has 0 bridgehead atoms. The molecule has 1 aliphatic heterocycles. The summed E-state index contributed by atoms with van der Waals surface area (Å²) in [6.07, 6.45) is 13.7. The van der Waals surface area contributed by atoms with Gasteiger partial charge >= 0.3 is 5.97 Å². The number of quaternary nitrogens is 1. The third-order valence-electron chi connectivity index (χ3n) is 4.83. The normalized spacial score (nSPS) is 20.7. The summed E-state index contributed by atoms with van der Waals surface area (Å²) in [6, 6.07) is 0. The fourth-order valence-electron chi connectivity index (χ4n) is 3.37. The first-order chi connectivity index (χ1) is 11.1. The highest BCUT2D eigenvalue weighted by Gasteiger charge is 2.39. The van der Waals surface area contributed by atoms with Crippen LogP contribution in [0.4, 0.5) is 0 Å². The molecule has 0 aromatic heterocycles. The van der Waals surface area contributed by atoms with Crippen LogP contribution in [0.5, 0.6) is 0 Å². The monoisotopic (exact) mass is 327 g/mol. The lowest BCUT2D eigenvalue weighted by Gasteiger charge is -2.30. The minimum absolute atomic E-state index is 0.0485. The van der Waals surface area contributed by atoms with Crippen LogP contribution in [0, 0.1) is 0 Å². The maximum Gasteiger partial charge on any atom is 0.359 e. The van der Waals surface area contributed by atoms with E-state index in [1.165, 1.54) is 57.8 Å². The van der Waals surface area contributed by atoms with E-state index in [-0.39, 0.29) is 17.8 Å². The summed E-state index contributed by atoms with van der Waals surface area (Å²) in [4.78, 5) is 15.5. The van der Waals surface area contributed by atoms with Crippen LogP contribution in [-0.2, 0) is 4.79 Å². The molecule has 134 valence electrons. The zero-order valence-electron chi connectivity index (χ0n) is 14.8. The van der Waals surface area contributed by atoms with Crippen molar-refractivity contribution in [3.8, 4) is 0 Å². The Morgan fingerprint density at radius 3 is 2.13 bits per heavy atom. The van der Waals surface area contributed by atoms with E-state index < -0.39 is 5.97 Å². The Kier molecular flexibility index (Phi) is 10.1. The van der Waals surface area contributed by atoms with Crippen molar-refractivity contribution in [2.75, 3.05) is 26.4 Å². The van der Waals surface area contributed by atoms with Crippen molar-refractivity contribution in [2.45, 2.75) is 77.6 Å². The first-order valence-corrected chi connectivity index (χ1v) is 9.37. The van der Waals surface area contributed by atoms with Crippen LogP contribution in [0.1, 0.15) is 77.6 Å². The Labute approximate surface area is 141 Å². The van der Waals surface area contributed by atoms with Crippen LogP contribution >= 0.6 is 0 Å². The Hall–Kier alpha value is -0.940. The van der Waals surface area contributed by atoms with Crippen molar-refractivity contribution in [1.82, 2.24) is 0 Å². The number of amidine groups is 1. The molecule has 0 aliphatic carbocycles. The van der Waals surface area contributed by atoms with Gasteiger partial charge in [0.25, 0.3) is 0 Å². The summed E-state index contributed by atoms with van der Waals surface area (Å²) in [5, 5.41) is 18.7. The van der Waals surface area contributed by atoms with Crippen LogP contribution in [0.25, 0.3) is 0 Å². The zero-order chi connectivity index (χ0) is 17.0. The standard InChI is InChI=1S/C18H34N2O3/c1-2-3-4-5-6-7-8-9-10-11-12-17-19-13-14-20(17,16-21)15-18(22)23/h21H,2-16H2,1H3/p+1. The van der Waals surface area contributed by atoms with Gasteiger partial charge in [-0.1, -0.05) is 64.7 Å². The molecule has 0 aromatic carbocycles. The van der Waals surface area contributed by atoms with Crippen molar-refractivity contribution in [3.05, 3.63) is 0 Å². The highest BCUT2D eigenvalue weighted by Crippen LogP contribution is 2.19. The number of aliphatic carboxylic acids is 1. The number of aliphatic hydroxyl groups excluding tert-OH is 1. The van der Waals surface area contributed by atoms with E-state index in [9.17, 15) is 9.90 Å². The van der Waals surface area contributed by atoms with Crippen LogP contribution in [-0.4, -0.2) is 52.9 Å². The third kappa shape index (κ3) is 7.44. The van der Waals surface area contributed by atoms with E-state index in [2.05, 4.69) is 11.9 Å². The Morgan fingerprint density at radius 2 is 1.61 bits per heavy atom. The molecule has 0 saturated carbocycles. The van der Waals surface area contributed by atoms with Gasteiger partial charge in [0.1, 0.15) is 6.54 Å². The average Bonchev–Trinajstić information content (AvgIpc) is 2.91. The molecule has 0 aromatic rings. The van der Waals surface area contributed by atoms with Gasteiger partial charge in [-0.2, -0.15) is 0 Å². The van der Waals surface area contributed by atoms with Gasteiger partial charge in [0.2, 0.25) is 5.84 Å². The quantitative estimate of drug-likeness (QED) is 0.378. The molecule has 0 radical (unpaired) electrons. The molecule has 1 rings (SSSR count). The van der Waals surface area contributed by atoms with Gasteiger partial charge < -0.3 is 10.2 Å². The second kappa shape index (κ2) is 11.6. The number of rotatable bonds is 14. The van der Waals surface area contributed by atoms with Crippen molar-refractivity contribution < 1.29 is 19.5 Å². The van der Waals surface area contributed by atoms with E-state index >= 15 is 0 Å². The van der Waals surface area contributed by atoms with Gasteiger partial charge in [-0.25, -0.2) is 14.3 Å². The number of hydrogen-bond acceptors (Lipinski definition) is 3. The van der Waals surface area contributed by atoms with Gasteiger partial charge in [-0.05, 0) is 6.42 Å². The van der Waals surface area contributed by atoms with Gasteiger partial charge in [0, 0.05) is 6.42 Å². The third-order valence-corrected chi connectivity index (χ3v) is 4.83. The van der Waals surface area contributed by atoms with Crippen molar-refractivity contribution in [3.63, 3.8) is 0 Å². The second-order valence-corrected chi connectivity index (χ2v) is 6.79. The minimum atomic E-state index is -0.864. The Balaban J connectivity index is 2.11. The molecule has 1 unspecified atom stereocenters. The smallest absolute Gasteiger partial charge is 0.359 e. The van der Waals surface area contributed by atoms with Gasteiger partial charge in [-0.15, -0.1) is 0 Å². The number of nitrogens with zero attached hydrogens (tertiary/aromatic N) is 2. The molecular formula is C18H35N2O3+. The predicted molar refractivity (Wildman–Crippen MR) is 93.5 cm³/mol. The molecule has 0 fully saturated rings. The molecule has 1 aliphatic rings. The first-order valence-electron chi connectivity index (χ1n) is 9.37.